The van der Waals surface area contributed by atoms with Crippen molar-refractivity contribution in [2.75, 3.05) is 12.4 Å². The summed E-state index contributed by atoms with van der Waals surface area (Å²) in [6.07, 6.45) is 2.87. The van der Waals surface area contributed by atoms with Gasteiger partial charge in [-0.25, -0.2) is 0 Å². The van der Waals surface area contributed by atoms with E-state index >= 15 is 0 Å². The standard InChI is InChI=1S/C9H14N4O3/c1-6(10-2)9(16)12-7-3-11-13(4-7)5-8(14)15/h3-4,6,10H,5H2,1-2H3,(H,12,16)(H,14,15). The van der Waals surface area contributed by atoms with Gasteiger partial charge in [-0.1, -0.05) is 0 Å². The monoisotopic (exact) mass is 226 g/mol. The van der Waals surface area contributed by atoms with Gasteiger partial charge in [-0.3, -0.25) is 14.3 Å². The van der Waals surface area contributed by atoms with Crippen molar-refractivity contribution in [3.63, 3.8) is 0 Å². The number of carboxylic acid groups (broad SMARTS) is 1. The number of anilines is 1. The van der Waals surface area contributed by atoms with E-state index < -0.39 is 5.97 Å². The molecule has 0 spiro atoms. The summed E-state index contributed by atoms with van der Waals surface area (Å²) in [6.45, 7) is 1.49. The Kier molecular flexibility index (Phi) is 4.01. The maximum absolute atomic E-state index is 11.4. The van der Waals surface area contributed by atoms with Crippen LogP contribution in [0, 0.1) is 0 Å². The van der Waals surface area contributed by atoms with Crippen molar-refractivity contribution in [2.24, 2.45) is 0 Å². The Labute approximate surface area is 92.4 Å². The van der Waals surface area contributed by atoms with E-state index in [2.05, 4.69) is 15.7 Å². The van der Waals surface area contributed by atoms with Crippen LogP contribution in [0.4, 0.5) is 5.69 Å². The van der Waals surface area contributed by atoms with Crippen LogP contribution in [0.15, 0.2) is 12.4 Å². The summed E-state index contributed by atoms with van der Waals surface area (Å²) in [7, 11) is 1.68. The Morgan fingerprint density at radius 3 is 2.88 bits per heavy atom. The molecule has 7 heteroatoms. The summed E-state index contributed by atoms with van der Waals surface area (Å²) in [5.41, 5.74) is 0.480. The van der Waals surface area contributed by atoms with Gasteiger partial charge in [0.05, 0.1) is 17.9 Å². The molecule has 0 aliphatic rings. The molecular weight excluding hydrogens is 212 g/mol. The molecule has 0 saturated carbocycles. The van der Waals surface area contributed by atoms with Crippen LogP contribution in [0.3, 0.4) is 0 Å². The lowest BCUT2D eigenvalue weighted by molar-refractivity contribution is -0.137. The Hall–Kier alpha value is -1.89. The van der Waals surface area contributed by atoms with E-state index in [4.69, 9.17) is 5.11 Å². The van der Waals surface area contributed by atoms with E-state index in [1.54, 1.807) is 14.0 Å². The van der Waals surface area contributed by atoms with Gasteiger partial charge < -0.3 is 15.7 Å². The van der Waals surface area contributed by atoms with E-state index in [9.17, 15) is 9.59 Å². The lowest BCUT2D eigenvalue weighted by Crippen LogP contribution is -2.35. The molecule has 0 fully saturated rings. The second-order valence-corrected chi connectivity index (χ2v) is 3.32. The molecule has 1 rings (SSSR count). The van der Waals surface area contributed by atoms with Crippen LogP contribution in [-0.4, -0.2) is 39.9 Å². The fourth-order valence-electron chi connectivity index (χ4n) is 1.03. The van der Waals surface area contributed by atoms with Crippen molar-refractivity contribution < 1.29 is 14.7 Å². The minimum Gasteiger partial charge on any atom is -0.480 e. The molecule has 1 unspecified atom stereocenters. The van der Waals surface area contributed by atoms with Gasteiger partial charge in [-0.2, -0.15) is 5.10 Å². The average Bonchev–Trinajstić information content (AvgIpc) is 2.63. The third kappa shape index (κ3) is 3.35. The summed E-state index contributed by atoms with van der Waals surface area (Å²) in [5.74, 6) is -1.18. The van der Waals surface area contributed by atoms with Gasteiger partial charge >= 0.3 is 5.97 Å². The number of amides is 1. The van der Waals surface area contributed by atoms with E-state index in [-0.39, 0.29) is 18.5 Å². The highest BCUT2D eigenvalue weighted by Gasteiger charge is 2.11. The Morgan fingerprint density at radius 1 is 1.62 bits per heavy atom. The number of carbonyl (C=O) groups is 2. The highest BCUT2D eigenvalue weighted by molar-refractivity contribution is 5.94. The summed E-state index contributed by atoms with van der Waals surface area (Å²) in [4.78, 5) is 21.8. The molecule has 1 atom stereocenters. The van der Waals surface area contributed by atoms with Crippen molar-refractivity contribution in [1.82, 2.24) is 15.1 Å². The topological polar surface area (TPSA) is 96.3 Å². The maximum Gasteiger partial charge on any atom is 0.325 e. The van der Waals surface area contributed by atoms with E-state index in [1.807, 2.05) is 0 Å². The number of aromatic nitrogens is 2. The van der Waals surface area contributed by atoms with Crippen LogP contribution in [0.5, 0.6) is 0 Å². The normalized spacial score (nSPS) is 12.1. The number of nitrogens with zero attached hydrogens (tertiary/aromatic N) is 2. The number of carbonyl (C=O) groups excluding carboxylic acids is 1. The Bertz CT molecular complexity index is 388. The molecule has 0 bridgehead atoms. The maximum atomic E-state index is 11.4. The third-order valence-corrected chi connectivity index (χ3v) is 2.02. The molecule has 1 amide bonds. The number of hydrogen-bond acceptors (Lipinski definition) is 4. The Balaban J connectivity index is 2.58. The van der Waals surface area contributed by atoms with Gasteiger partial charge in [0.25, 0.3) is 0 Å². The minimum absolute atomic E-state index is 0.197. The number of hydrogen-bond donors (Lipinski definition) is 3. The number of nitrogens with one attached hydrogen (secondary N) is 2. The zero-order chi connectivity index (χ0) is 12.1. The number of likely N-dealkylation sites (N-methyl/N-ethyl adjacent to an activating group) is 1. The largest absolute Gasteiger partial charge is 0.480 e. The van der Waals surface area contributed by atoms with E-state index in [0.29, 0.717) is 5.69 Å². The second-order valence-electron chi connectivity index (χ2n) is 3.32. The van der Waals surface area contributed by atoms with Crippen LogP contribution < -0.4 is 10.6 Å². The first kappa shape index (κ1) is 12.2. The van der Waals surface area contributed by atoms with Crippen molar-refractivity contribution in [3.8, 4) is 0 Å². The van der Waals surface area contributed by atoms with Crippen molar-refractivity contribution in [2.45, 2.75) is 19.5 Å². The third-order valence-electron chi connectivity index (χ3n) is 2.02. The SMILES string of the molecule is CNC(C)C(=O)Nc1cnn(CC(=O)O)c1. The van der Waals surface area contributed by atoms with Crippen LogP contribution in [0.1, 0.15) is 6.92 Å². The first-order valence-electron chi connectivity index (χ1n) is 4.75. The quantitative estimate of drug-likeness (QED) is 0.629. The summed E-state index contributed by atoms with van der Waals surface area (Å²) >= 11 is 0. The Morgan fingerprint density at radius 2 is 2.31 bits per heavy atom. The predicted octanol–water partition coefficient (Wildman–Crippen LogP) is -0.486. The number of carboxylic acids is 1. The van der Waals surface area contributed by atoms with Gasteiger partial charge in [0.1, 0.15) is 6.54 Å². The smallest absolute Gasteiger partial charge is 0.325 e. The lowest BCUT2D eigenvalue weighted by atomic mass is 10.3. The van der Waals surface area contributed by atoms with Gasteiger partial charge in [0, 0.05) is 6.20 Å². The minimum atomic E-state index is -0.982. The second kappa shape index (κ2) is 5.26. The summed E-state index contributed by atoms with van der Waals surface area (Å²) in [6, 6.07) is -0.317. The van der Waals surface area contributed by atoms with E-state index in [1.165, 1.54) is 17.1 Å². The first-order chi connectivity index (χ1) is 7.52. The highest BCUT2D eigenvalue weighted by Crippen LogP contribution is 2.05. The van der Waals surface area contributed by atoms with Crippen LogP contribution in [0.2, 0.25) is 0 Å². The molecule has 7 nitrogen and oxygen atoms in total. The predicted molar refractivity (Wildman–Crippen MR) is 57.0 cm³/mol. The molecule has 16 heavy (non-hydrogen) atoms. The fraction of sp³-hybridized carbons (Fsp3) is 0.444. The van der Waals surface area contributed by atoms with Crippen molar-refractivity contribution in [3.05, 3.63) is 12.4 Å². The molecular formula is C9H14N4O3. The summed E-state index contributed by atoms with van der Waals surface area (Å²) in [5, 5.41) is 17.7. The molecule has 0 radical (unpaired) electrons. The average molecular weight is 226 g/mol. The first-order valence-corrected chi connectivity index (χ1v) is 4.75. The van der Waals surface area contributed by atoms with Gasteiger partial charge in [0.2, 0.25) is 5.91 Å². The summed E-state index contributed by atoms with van der Waals surface area (Å²) < 4.78 is 1.24. The molecule has 0 aliphatic heterocycles. The number of rotatable bonds is 5. The molecule has 1 aromatic heterocycles. The zero-order valence-electron chi connectivity index (χ0n) is 9.10. The van der Waals surface area contributed by atoms with Gasteiger partial charge in [0.15, 0.2) is 0 Å². The number of aliphatic carboxylic acids is 1. The van der Waals surface area contributed by atoms with Crippen LogP contribution in [-0.2, 0) is 16.1 Å². The lowest BCUT2D eigenvalue weighted by Gasteiger charge is -2.08. The van der Waals surface area contributed by atoms with E-state index in [0.717, 1.165) is 0 Å². The molecule has 1 heterocycles. The van der Waals surface area contributed by atoms with Gasteiger partial charge in [-0.15, -0.1) is 0 Å². The molecule has 0 aliphatic carbocycles. The molecule has 0 aromatic carbocycles. The molecule has 88 valence electrons. The molecule has 0 saturated heterocycles. The highest BCUT2D eigenvalue weighted by atomic mass is 16.4. The van der Waals surface area contributed by atoms with Gasteiger partial charge in [-0.05, 0) is 14.0 Å². The van der Waals surface area contributed by atoms with Crippen LogP contribution >= 0.6 is 0 Å². The van der Waals surface area contributed by atoms with Crippen molar-refractivity contribution >= 4 is 17.6 Å². The zero-order valence-corrected chi connectivity index (χ0v) is 9.10. The van der Waals surface area contributed by atoms with Crippen LogP contribution in [0.25, 0.3) is 0 Å². The molecule has 3 N–H and O–H groups in total. The molecule has 1 aromatic rings. The fourth-order valence-corrected chi connectivity index (χ4v) is 1.03. The van der Waals surface area contributed by atoms with Crippen molar-refractivity contribution in [1.29, 1.82) is 0 Å².